The molecule has 0 spiro atoms. The number of benzene rings is 2. The molecule has 0 aliphatic heterocycles. The molecule has 0 heterocycles. The normalized spacial score (nSPS) is 10.7. The monoisotopic (exact) mass is 330 g/mol. The summed E-state index contributed by atoms with van der Waals surface area (Å²) in [5.74, 6) is -0.182. The van der Waals surface area contributed by atoms with Crippen LogP contribution in [-0.4, -0.2) is 5.91 Å². The molecule has 20 heavy (non-hydrogen) atoms. The molecule has 0 radical (unpaired) electrons. The molecule has 0 atom stereocenters. The Morgan fingerprint density at radius 2 is 2.05 bits per heavy atom. The van der Waals surface area contributed by atoms with Gasteiger partial charge in [0.1, 0.15) is 0 Å². The van der Waals surface area contributed by atoms with Crippen molar-refractivity contribution < 1.29 is 4.79 Å². The molecule has 0 fully saturated rings. The summed E-state index contributed by atoms with van der Waals surface area (Å²) in [4.78, 5) is 11.9. The molecule has 0 aliphatic rings. The second-order valence-electron chi connectivity index (χ2n) is 4.48. The number of anilines is 2. The molecular weight excluding hydrogens is 316 g/mol. The van der Waals surface area contributed by atoms with Crippen LogP contribution in [0.3, 0.4) is 0 Å². The third-order valence-corrected chi connectivity index (χ3v) is 3.41. The van der Waals surface area contributed by atoms with Crippen molar-refractivity contribution in [3.8, 4) is 0 Å². The number of carbonyl (C=O) groups is 1. The molecule has 0 unspecified atom stereocenters. The third kappa shape index (κ3) is 3.96. The van der Waals surface area contributed by atoms with Gasteiger partial charge in [0.2, 0.25) is 5.91 Å². The van der Waals surface area contributed by atoms with Crippen molar-refractivity contribution in [3.63, 3.8) is 0 Å². The average Bonchev–Trinajstić information content (AvgIpc) is 2.41. The summed E-state index contributed by atoms with van der Waals surface area (Å²) < 4.78 is 0.855. The molecule has 102 valence electrons. The standard InChI is InChI=1S/C16H15BrN2O/c1-11-5-7-14(17)15(9-11)19-16(20)8-6-12-3-2-4-13(18)10-12/h2-10H,18H2,1H3,(H,19,20)/b8-6+. The summed E-state index contributed by atoms with van der Waals surface area (Å²) in [7, 11) is 0. The van der Waals surface area contributed by atoms with Gasteiger partial charge in [-0.1, -0.05) is 18.2 Å². The largest absolute Gasteiger partial charge is 0.399 e. The summed E-state index contributed by atoms with van der Waals surface area (Å²) in [5.41, 5.74) is 9.09. The van der Waals surface area contributed by atoms with E-state index in [0.29, 0.717) is 5.69 Å². The molecule has 0 saturated heterocycles. The van der Waals surface area contributed by atoms with Crippen LogP contribution in [0.4, 0.5) is 11.4 Å². The molecule has 3 N–H and O–H groups in total. The molecule has 2 aromatic rings. The maximum atomic E-state index is 11.9. The summed E-state index contributed by atoms with van der Waals surface area (Å²) in [6.45, 7) is 1.98. The van der Waals surface area contributed by atoms with E-state index < -0.39 is 0 Å². The SMILES string of the molecule is Cc1ccc(Br)c(NC(=O)/C=C/c2cccc(N)c2)c1. The molecule has 1 amide bonds. The molecule has 2 rings (SSSR count). The Morgan fingerprint density at radius 3 is 2.80 bits per heavy atom. The average molecular weight is 331 g/mol. The smallest absolute Gasteiger partial charge is 0.248 e. The first-order valence-electron chi connectivity index (χ1n) is 6.15. The number of hydrogen-bond donors (Lipinski definition) is 2. The van der Waals surface area contributed by atoms with Crippen LogP contribution in [0.5, 0.6) is 0 Å². The van der Waals surface area contributed by atoms with Gasteiger partial charge >= 0.3 is 0 Å². The van der Waals surface area contributed by atoms with Crippen LogP contribution in [-0.2, 0) is 4.79 Å². The van der Waals surface area contributed by atoms with Crippen LogP contribution in [0, 0.1) is 6.92 Å². The fourth-order valence-corrected chi connectivity index (χ4v) is 2.09. The first-order valence-corrected chi connectivity index (χ1v) is 6.94. The number of nitrogens with one attached hydrogen (secondary N) is 1. The van der Waals surface area contributed by atoms with Crippen LogP contribution in [0.1, 0.15) is 11.1 Å². The highest BCUT2D eigenvalue weighted by Crippen LogP contribution is 2.23. The lowest BCUT2D eigenvalue weighted by molar-refractivity contribution is -0.111. The zero-order valence-electron chi connectivity index (χ0n) is 11.1. The van der Waals surface area contributed by atoms with Gasteiger partial charge in [0.05, 0.1) is 5.69 Å². The predicted octanol–water partition coefficient (Wildman–Crippen LogP) is 3.99. The van der Waals surface area contributed by atoms with E-state index in [1.54, 1.807) is 12.1 Å². The van der Waals surface area contributed by atoms with E-state index in [1.165, 1.54) is 6.08 Å². The lowest BCUT2D eigenvalue weighted by atomic mass is 10.2. The maximum absolute atomic E-state index is 11.9. The highest BCUT2D eigenvalue weighted by molar-refractivity contribution is 9.10. The molecule has 3 nitrogen and oxygen atoms in total. The van der Waals surface area contributed by atoms with Crippen molar-refractivity contribution in [3.05, 3.63) is 64.1 Å². The van der Waals surface area contributed by atoms with Crippen molar-refractivity contribution >= 4 is 39.3 Å². The minimum atomic E-state index is -0.182. The van der Waals surface area contributed by atoms with Crippen LogP contribution < -0.4 is 11.1 Å². The Hall–Kier alpha value is -2.07. The number of hydrogen-bond acceptors (Lipinski definition) is 2. The van der Waals surface area contributed by atoms with Gasteiger partial charge in [0, 0.05) is 16.2 Å². The van der Waals surface area contributed by atoms with E-state index in [1.807, 2.05) is 43.3 Å². The summed E-state index contributed by atoms with van der Waals surface area (Å²) in [6.07, 6.45) is 3.22. The Bertz CT molecular complexity index is 665. The van der Waals surface area contributed by atoms with Crippen molar-refractivity contribution in [2.24, 2.45) is 0 Å². The van der Waals surface area contributed by atoms with Gasteiger partial charge in [-0.3, -0.25) is 4.79 Å². The summed E-state index contributed by atoms with van der Waals surface area (Å²) in [6, 6.07) is 13.2. The van der Waals surface area contributed by atoms with Gasteiger partial charge in [-0.25, -0.2) is 0 Å². The third-order valence-electron chi connectivity index (χ3n) is 2.72. The van der Waals surface area contributed by atoms with Gasteiger partial charge in [0.25, 0.3) is 0 Å². The zero-order valence-corrected chi connectivity index (χ0v) is 12.6. The highest BCUT2D eigenvalue weighted by Gasteiger charge is 2.02. The lowest BCUT2D eigenvalue weighted by Gasteiger charge is -2.06. The number of halogens is 1. The van der Waals surface area contributed by atoms with Crippen molar-refractivity contribution in [2.75, 3.05) is 11.1 Å². The van der Waals surface area contributed by atoms with E-state index in [2.05, 4.69) is 21.2 Å². The highest BCUT2D eigenvalue weighted by atomic mass is 79.9. The van der Waals surface area contributed by atoms with Crippen LogP contribution in [0.2, 0.25) is 0 Å². The molecule has 0 saturated carbocycles. The maximum Gasteiger partial charge on any atom is 0.248 e. The molecular formula is C16H15BrN2O. The molecule has 0 aliphatic carbocycles. The van der Waals surface area contributed by atoms with E-state index in [0.717, 1.165) is 21.3 Å². The van der Waals surface area contributed by atoms with Gasteiger partial charge < -0.3 is 11.1 Å². The number of nitrogen functional groups attached to an aromatic ring is 1. The lowest BCUT2D eigenvalue weighted by Crippen LogP contribution is -2.08. The topological polar surface area (TPSA) is 55.1 Å². The van der Waals surface area contributed by atoms with Gasteiger partial charge in [0.15, 0.2) is 0 Å². The van der Waals surface area contributed by atoms with Crippen LogP contribution in [0.25, 0.3) is 6.08 Å². The van der Waals surface area contributed by atoms with Gasteiger partial charge in [-0.15, -0.1) is 0 Å². The fraction of sp³-hybridized carbons (Fsp3) is 0.0625. The fourth-order valence-electron chi connectivity index (χ4n) is 1.74. The number of rotatable bonds is 3. The van der Waals surface area contributed by atoms with E-state index in [9.17, 15) is 4.79 Å². The number of carbonyl (C=O) groups excluding carboxylic acids is 1. The van der Waals surface area contributed by atoms with Crippen LogP contribution in [0.15, 0.2) is 53.0 Å². The molecule has 0 aromatic heterocycles. The Balaban J connectivity index is 2.07. The van der Waals surface area contributed by atoms with E-state index in [4.69, 9.17) is 5.73 Å². The Kier molecular flexibility index (Phi) is 4.58. The van der Waals surface area contributed by atoms with E-state index >= 15 is 0 Å². The van der Waals surface area contributed by atoms with Gasteiger partial charge in [-0.2, -0.15) is 0 Å². The summed E-state index contributed by atoms with van der Waals surface area (Å²) >= 11 is 3.41. The van der Waals surface area contributed by atoms with Crippen molar-refractivity contribution in [2.45, 2.75) is 6.92 Å². The Morgan fingerprint density at radius 1 is 1.25 bits per heavy atom. The first kappa shape index (κ1) is 14.3. The minimum absolute atomic E-state index is 0.182. The number of nitrogens with two attached hydrogens (primary N) is 1. The molecule has 2 aromatic carbocycles. The van der Waals surface area contributed by atoms with Crippen molar-refractivity contribution in [1.82, 2.24) is 0 Å². The van der Waals surface area contributed by atoms with Crippen molar-refractivity contribution in [1.29, 1.82) is 0 Å². The van der Waals surface area contributed by atoms with Gasteiger partial charge in [-0.05, 0) is 64.3 Å². The minimum Gasteiger partial charge on any atom is -0.399 e. The first-order chi connectivity index (χ1) is 9.54. The molecule has 0 bridgehead atoms. The van der Waals surface area contributed by atoms with Crippen LogP contribution >= 0.6 is 15.9 Å². The predicted molar refractivity (Wildman–Crippen MR) is 87.4 cm³/mol. The second kappa shape index (κ2) is 6.39. The Labute approximate surface area is 126 Å². The summed E-state index contributed by atoms with van der Waals surface area (Å²) in [5, 5.41) is 2.83. The zero-order chi connectivity index (χ0) is 14.5. The molecule has 4 heteroatoms. The second-order valence-corrected chi connectivity index (χ2v) is 5.33. The van der Waals surface area contributed by atoms with E-state index in [-0.39, 0.29) is 5.91 Å². The quantitative estimate of drug-likeness (QED) is 0.660. The number of amides is 1. The number of aryl methyl sites for hydroxylation is 1.